The number of hydrogen-bond donors (Lipinski definition) is 0. The van der Waals surface area contributed by atoms with Crippen LogP contribution in [0.2, 0.25) is 0 Å². The van der Waals surface area contributed by atoms with E-state index in [1.165, 1.54) is 44.9 Å². The largest absolute Gasteiger partial charge is 1.00 e. The molecule has 107 valence electrons. The van der Waals surface area contributed by atoms with Crippen LogP contribution in [-0.2, 0) is 24.7 Å². The van der Waals surface area contributed by atoms with Gasteiger partial charge in [0.05, 0.1) is 0 Å². The number of allylic oxidation sites excluding steroid dienone is 8. The van der Waals surface area contributed by atoms with E-state index in [0.717, 1.165) is 5.92 Å². The van der Waals surface area contributed by atoms with Crippen molar-refractivity contribution < 1.29 is 49.5 Å². The van der Waals surface area contributed by atoms with E-state index in [1.54, 1.807) is 44.7 Å². The minimum absolute atomic E-state index is 0. The minimum Gasteiger partial charge on any atom is -1.00 e. The SMILES string of the molecule is CCCCCC1=C2CCC1=[C]([Zr+2])C2C1=CC=CC1.[Cl-].[Cl-]. The number of fused-ring (bicyclic) bond motifs is 1. The third-order valence-electron chi connectivity index (χ3n) is 4.56. The van der Waals surface area contributed by atoms with Crippen molar-refractivity contribution in [3.05, 3.63) is 43.8 Å². The van der Waals surface area contributed by atoms with Crippen molar-refractivity contribution in [2.45, 2.75) is 51.9 Å². The summed E-state index contributed by atoms with van der Waals surface area (Å²) < 4.78 is 1.77. The number of halogens is 2. The molecule has 20 heavy (non-hydrogen) atoms. The molecule has 0 radical (unpaired) electrons. The van der Waals surface area contributed by atoms with Crippen molar-refractivity contribution in [2.24, 2.45) is 5.92 Å². The molecule has 0 heterocycles. The standard InChI is InChI=1S/C17H21.2ClH.Zr/c1-2-3-4-9-15-14-10-11-16(15)17(12-14)13-7-5-6-8-13;;;/h5-7,17H,2-4,8-11H2,1H3;2*1H;/q;;;+2/p-2. The molecule has 0 amide bonds. The van der Waals surface area contributed by atoms with Crippen LogP contribution in [0.25, 0.3) is 0 Å². The minimum atomic E-state index is 0. The molecule has 2 bridgehead atoms. The Kier molecular flexibility index (Phi) is 7.54. The summed E-state index contributed by atoms with van der Waals surface area (Å²) in [5.41, 5.74) is 7.03. The first-order valence-corrected chi connectivity index (χ1v) is 8.58. The molecule has 3 heteroatoms. The molecule has 0 N–H and O–H groups in total. The molecule has 3 aliphatic carbocycles. The second-order valence-corrected chi connectivity index (χ2v) is 6.98. The summed E-state index contributed by atoms with van der Waals surface area (Å²) in [6.07, 6.45) is 16.3. The first-order valence-electron chi connectivity index (χ1n) is 7.35. The predicted octanol–water partition coefficient (Wildman–Crippen LogP) is -1.02. The third-order valence-corrected chi connectivity index (χ3v) is 6.01. The molecule has 0 aromatic heterocycles. The van der Waals surface area contributed by atoms with E-state index in [2.05, 4.69) is 25.2 Å². The summed E-state index contributed by atoms with van der Waals surface area (Å²) in [6, 6.07) is 0. The smallest absolute Gasteiger partial charge is 1.00 e. The molecular weight excluding hydrogens is 366 g/mol. The monoisotopic (exact) mass is 385 g/mol. The van der Waals surface area contributed by atoms with Crippen molar-refractivity contribution in [3.8, 4) is 0 Å². The van der Waals surface area contributed by atoms with Gasteiger partial charge >= 0.3 is 126 Å². The van der Waals surface area contributed by atoms with Gasteiger partial charge in [-0.3, -0.25) is 0 Å². The molecule has 0 aromatic rings. The maximum Gasteiger partial charge on any atom is -1.00 e. The first-order chi connectivity index (χ1) is 8.83. The molecule has 0 nitrogen and oxygen atoms in total. The van der Waals surface area contributed by atoms with Crippen LogP contribution in [0.4, 0.5) is 0 Å². The number of hydrogen-bond acceptors (Lipinski definition) is 0. The van der Waals surface area contributed by atoms with Gasteiger partial charge in [-0.25, -0.2) is 0 Å². The van der Waals surface area contributed by atoms with Crippen LogP contribution >= 0.6 is 0 Å². The van der Waals surface area contributed by atoms with E-state index in [9.17, 15) is 0 Å². The van der Waals surface area contributed by atoms with E-state index < -0.39 is 0 Å². The van der Waals surface area contributed by atoms with E-state index in [-0.39, 0.29) is 24.8 Å². The summed E-state index contributed by atoms with van der Waals surface area (Å²) in [4.78, 5) is 0. The summed E-state index contributed by atoms with van der Waals surface area (Å²) in [7, 11) is 0. The van der Waals surface area contributed by atoms with E-state index in [0.29, 0.717) is 0 Å². The fourth-order valence-electron chi connectivity index (χ4n) is 3.67. The second kappa shape index (κ2) is 8.16. The first kappa shape index (κ1) is 18.5. The second-order valence-electron chi connectivity index (χ2n) is 5.66. The predicted molar refractivity (Wildman–Crippen MR) is 72.8 cm³/mol. The van der Waals surface area contributed by atoms with E-state index >= 15 is 0 Å². The zero-order chi connectivity index (χ0) is 12.5. The van der Waals surface area contributed by atoms with Crippen LogP contribution in [0.3, 0.4) is 0 Å². The van der Waals surface area contributed by atoms with Crippen LogP contribution in [0.1, 0.15) is 51.9 Å². The zero-order valence-corrected chi connectivity index (χ0v) is 16.0. The van der Waals surface area contributed by atoms with Gasteiger partial charge in [-0.15, -0.1) is 0 Å². The summed E-state index contributed by atoms with van der Waals surface area (Å²) in [5, 5.41) is 0. The molecule has 0 saturated carbocycles. The normalized spacial score (nSPS) is 23.1. The Hall–Kier alpha value is 0.423. The van der Waals surface area contributed by atoms with Crippen LogP contribution in [0, 0.1) is 5.92 Å². The van der Waals surface area contributed by atoms with Crippen LogP contribution in [0.5, 0.6) is 0 Å². The van der Waals surface area contributed by atoms with E-state index in [1.807, 2.05) is 5.57 Å². The number of unbranched alkanes of at least 4 members (excludes halogenated alkanes) is 2. The van der Waals surface area contributed by atoms with Crippen molar-refractivity contribution >= 4 is 0 Å². The van der Waals surface area contributed by atoms with E-state index in [4.69, 9.17) is 0 Å². The molecule has 0 spiro atoms. The fourth-order valence-corrected chi connectivity index (χ4v) is 5.23. The molecule has 0 aromatic carbocycles. The molecule has 3 aliphatic rings. The molecule has 0 aliphatic heterocycles. The van der Waals surface area contributed by atoms with Gasteiger partial charge in [0.1, 0.15) is 0 Å². The van der Waals surface area contributed by atoms with Gasteiger partial charge < -0.3 is 24.8 Å². The van der Waals surface area contributed by atoms with Gasteiger partial charge in [-0.1, -0.05) is 0 Å². The Bertz CT molecular complexity index is 483. The van der Waals surface area contributed by atoms with Crippen molar-refractivity contribution in [2.75, 3.05) is 0 Å². The van der Waals surface area contributed by atoms with Crippen molar-refractivity contribution in [1.82, 2.24) is 0 Å². The van der Waals surface area contributed by atoms with Crippen LogP contribution in [-0.4, -0.2) is 0 Å². The Morgan fingerprint density at radius 2 is 2.00 bits per heavy atom. The Labute approximate surface area is 150 Å². The van der Waals surface area contributed by atoms with Gasteiger partial charge in [0, 0.05) is 0 Å². The number of rotatable bonds is 5. The zero-order valence-electron chi connectivity index (χ0n) is 12.0. The Morgan fingerprint density at radius 1 is 1.20 bits per heavy atom. The molecule has 0 saturated heterocycles. The Balaban J connectivity index is 0.000001000. The summed E-state index contributed by atoms with van der Waals surface area (Å²) in [5.74, 6) is 0.735. The summed E-state index contributed by atoms with van der Waals surface area (Å²) in [6.45, 7) is 2.30. The maximum absolute atomic E-state index is 2.37. The Morgan fingerprint density at radius 3 is 2.65 bits per heavy atom. The van der Waals surface area contributed by atoms with Gasteiger partial charge in [0.2, 0.25) is 0 Å². The van der Waals surface area contributed by atoms with Crippen LogP contribution in [0.15, 0.2) is 43.8 Å². The molecule has 1 unspecified atom stereocenters. The van der Waals surface area contributed by atoms with Crippen molar-refractivity contribution in [3.63, 3.8) is 0 Å². The van der Waals surface area contributed by atoms with Crippen molar-refractivity contribution in [1.29, 1.82) is 0 Å². The third kappa shape index (κ3) is 3.26. The summed E-state index contributed by atoms with van der Waals surface area (Å²) >= 11 is 1.66. The van der Waals surface area contributed by atoms with Gasteiger partial charge in [0.15, 0.2) is 0 Å². The maximum atomic E-state index is 2.37. The average molecular weight is 387 g/mol. The molecular formula is C17H21Cl2Zr. The topological polar surface area (TPSA) is 0 Å². The van der Waals surface area contributed by atoms with Gasteiger partial charge in [0.25, 0.3) is 0 Å². The molecule has 3 rings (SSSR count). The molecule has 0 fully saturated rings. The quantitative estimate of drug-likeness (QED) is 0.530. The fraction of sp³-hybridized carbons (Fsp3) is 0.529. The van der Waals surface area contributed by atoms with Crippen LogP contribution < -0.4 is 24.8 Å². The van der Waals surface area contributed by atoms with Gasteiger partial charge in [-0.05, 0) is 0 Å². The van der Waals surface area contributed by atoms with Gasteiger partial charge in [-0.2, -0.15) is 0 Å². The molecule has 1 atom stereocenters. The average Bonchev–Trinajstić information content (AvgIpc) is 3.05.